The van der Waals surface area contributed by atoms with E-state index in [4.69, 9.17) is 37.9 Å². The average molecular weight is 406 g/mol. The number of ether oxygens (including phenoxy) is 8. The smallest absolute Gasteiger partial charge is 0.237 e. The van der Waals surface area contributed by atoms with Crippen molar-refractivity contribution >= 4 is 0 Å². The highest BCUT2D eigenvalue weighted by molar-refractivity contribution is 5.62. The summed E-state index contributed by atoms with van der Waals surface area (Å²) in [6, 6.07) is 6.97. The van der Waals surface area contributed by atoms with Crippen LogP contribution in [0.3, 0.4) is 0 Å². The molecule has 8 heteroatoms. The van der Waals surface area contributed by atoms with Gasteiger partial charge in [-0.25, -0.2) is 0 Å². The number of hydrogen-bond donors (Lipinski definition) is 0. The van der Waals surface area contributed by atoms with E-state index in [1.165, 1.54) is 0 Å². The zero-order valence-corrected chi connectivity index (χ0v) is 17.5. The van der Waals surface area contributed by atoms with Crippen molar-refractivity contribution in [3.63, 3.8) is 0 Å². The molecule has 0 aromatic heterocycles. The Bertz CT molecular complexity index is 742. The fraction of sp³-hybridized carbons (Fsp3) is 0.429. The Morgan fingerprint density at radius 3 is 1.10 bits per heavy atom. The summed E-state index contributed by atoms with van der Waals surface area (Å²) in [6.07, 6.45) is 0. The lowest BCUT2D eigenvalue weighted by Crippen LogP contribution is -2.31. The molecule has 0 N–H and O–H groups in total. The summed E-state index contributed by atoms with van der Waals surface area (Å²) in [5.74, 6) is 1.66. The highest BCUT2D eigenvalue weighted by Crippen LogP contribution is 2.54. The van der Waals surface area contributed by atoms with Crippen LogP contribution in [0.25, 0.3) is 0 Å². The summed E-state index contributed by atoms with van der Waals surface area (Å²) in [5.41, 5.74) is 1.09. The van der Waals surface area contributed by atoms with Gasteiger partial charge in [-0.15, -0.1) is 0 Å². The van der Waals surface area contributed by atoms with Crippen molar-refractivity contribution in [3.05, 3.63) is 35.4 Å². The Morgan fingerprint density at radius 2 is 0.862 bits per heavy atom. The molecule has 1 fully saturated rings. The molecule has 2 aromatic carbocycles. The van der Waals surface area contributed by atoms with E-state index in [1.54, 1.807) is 66.9 Å². The van der Waals surface area contributed by atoms with Gasteiger partial charge in [0.2, 0.25) is 5.79 Å². The highest BCUT2D eigenvalue weighted by Gasteiger charge is 2.49. The summed E-state index contributed by atoms with van der Waals surface area (Å²) in [7, 11) is 9.38. The van der Waals surface area contributed by atoms with Crippen LogP contribution in [0.15, 0.2) is 24.3 Å². The molecule has 3 rings (SSSR count). The van der Waals surface area contributed by atoms with E-state index in [0.717, 1.165) is 0 Å². The first-order chi connectivity index (χ1) is 14.1. The minimum Gasteiger partial charge on any atom is -0.496 e. The Labute approximate surface area is 170 Å². The molecule has 2 aromatic rings. The van der Waals surface area contributed by atoms with E-state index in [-0.39, 0.29) is 0 Å². The van der Waals surface area contributed by atoms with Gasteiger partial charge in [0.1, 0.15) is 45.6 Å². The fourth-order valence-corrected chi connectivity index (χ4v) is 3.49. The number of benzene rings is 2. The van der Waals surface area contributed by atoms with E-state index in [2.05, 4.69) is 0 Å². The van der Waals surface area contributed by atoms with Gasteiger partial charge in [0, 0.05) is 24.3 Å². The molecule has 8 nitrogen and oxygen atoms in total. The molecule has 29 heavy (non-hydrogen) atoms. The summed E-state index contributed by atoms with van der Waals surface area (Å²) in [4.78, 5) is 0. The summed E-state index contributed by atoms with van der Waals surface area (Å²) in [6.45, 7) is 0.716. The predicted octanol–water partition coefficient (Wildman–Crippen LogP) is 2.99. The normalized spacial score (nSPS) is 15.0. The van der Waals surface area contributed by atoms with Crippen molar-refractivity contribution in [1.82, 2.24) is 0 Å². The maximum absolute atomic E-state index is 6.21. The zero-order chi connectivity index (χ0) is 21.0. The maximum atomic E-state index is 6.21. The molecule has 0 atom stereocenters. The average Bonchev–Trinajstić information content (AvgIpc) is 3.26. The monoisotopic (exact) mass is 406 g/mol. The van der Waals surface area contributed by atoms with Gasteiger partial charge in [0.05, 0.1) is 55.9 Å². The molecule has 1 aliphatic rings. The van der Waals surface area contributed by atoms with E-state index in [0.29, 0.717) is 58.8 Å². The van der Waals surface area contributed by atoms with E-state index in [1.807, 2.05) is 0 Å². The lowest BCUT2D eigenvalue weighted by Gasteiger charge is -2.33. The molecule has 158 valence electrons. The third kappa shape index (κ3) is 3.49. The van der Waals surface area contributed by atoms with Gasteiger partial charge in [-0.2, -0.15) is 0 Å². The molecule has 0 amide bonds. The van der Waals surface area contributed by atoms with Crippen molar-refractivity contribution in [2.24, 2.45) is 0 Å². The lowest BCUT2D eigenvalue weighted by molar-refractivity contribution is -0.134. The summed E-state index contributed by atoms with van der Waals surface area (Å²) < 4.78 is 45.8. The number of methoxy groups -OCH3 is 6. The number of hydrogen-bond acceptors (Lipinski definition) is 8. The van der Waals surface area contributed by atoms with Crippen LogP contribution in [0.2, 0.25) is 0 Å². The van der Waals surface area contributed by atoms with Crippen LogP contribution >= 0.6 is 0 Å². The molecule has 0 saturated carbocycles. The molecular formula is C21H26O8. The lowest BCUT2D eigenvalue weighted by atomic mass is 9.93. The second kappa shape index (κ2) is 8.67. The molecule has 0 aliphatic carbocycles. The van der Waals surface area contributed by atoms with Crippen molar-refractivity contribution < 1.29 is 37.9 Å². The first-order valence-corrected chi connectivity index (χ1v) is 8.97. The van der Waals surface area contributed by atoms with Crippen molar-refractivity contribution in [2.45, 2.75) is 5.79 Å². The summed E-state index contributed by atoms with van der Waals surface area (Å²) >= 11 is 0. The molecule has 1 aliphatic heterocycles. The molecule has 0 radical (unpaired) electrons. The first-order valence-electron chi connectivity index (χ1n) is 8.97. The fourth-order valence-electron chi connectivity index (χ4n) is 3.49. The van der Waals surface area contributed by atoms with E-state index < -0.39 is 5.79 Å². The minimum atomic E-state index is -1.38. The topological polar surface area (TPSA) is 73.8 Å². The largest absolute Gasteiger partial charge is 0.496 e. The van der Waals surface area contributed by atoms with Crippen LogP contribution in [-0.2, 0) is 15.3 Å². The van der Waals surface area contributed by atoms with Gasteiger partial charge in [0.25, 0.3) is 0 Å². The number of rotatable bonds is 8. The standard InChI is InChI=1S/C21H26O8/c1-22-13-9-15(24-3)19(16(10-13)25-4)21(28-7-8-29-21)20-17(26-5)11-14(23-2)12-18(20)27-6/h9-12H,7-8H2,1-6H3. The SMILES string of the molecule is COc1cc(OC)c(C2(c3c(OC)cc(OC)cc3OC)OCCO2)c(OC)c1. The van der Waals surface area contributed by atoms with Crippen LogP contribution in [0, 0.1) is 0 Å². The Morgan fingerprint density at radius 1 is 0.552 bits per heavy atom. The second-order valence-electron chi connectivity index (χ2n) is 6.13. The molecule has 1 saturated heterocycles. The predicted molar refractivity (Wildman–Crippen MR) is 105 cm³/mol. The van der Waals surface area contributed by atoms with Crippen molar-refractivity contribution in [2.75, 3.05) is 55.9 Å². The quantitative estimate of drug-likeness (QED) is 0.663. The molecular weight excluding hydrogens is 380 g/mol. The third-order valence-corrected chi connectivity index (χ3v) is 4.78. The first kappa shape index (κ1) is 20.9. The van der Waals surface area contributed by atoms with Crippen LogP contribution in [-0.4, -0.2) is 55.9 Å². The van der Waals surface area contributed by atoms with Gasteiger partial charge in [-0.05, 0) is 0 Å². The Hall–Kier alpha value is -2.84. The molecule has 1 heterocycles. The second-order valence-corrected chi connectivity index (χ2v) is 6.13. The van der Waals surface area contributed by atoms with Crippen LogP contribution < -0.4 is 28.4 Å². The van der Waals surface area contributed by atoms with Gasteiger partial charge in [0.15, 0.2) is 0 Å². The Kier molecular flexibility index (Phi) is 6.24. The van der Waals surface area contributed by atoms with E-state index >= 15 is 0 Å². The van der Waals surface area contributed by atoms with Gasteiger partial charge in [-0.3, -0.25) is 0 Å². The van der Waals surface area contributed by atoms with Crippen LogP contribution in [0.4, 0.5) is 0 Å². The van der Waals surface area contributed by atoms with Crippen molar-refractivity contribution in [1.29, 1.82) is 0 Å². The Balaban J connectivity index is 2.37. The molecule has 0 bridgehead atoms. The molecule has 0 unspecified atom stereocenters. The van der Waals surface area contributed by atoms with Crippen LogP contribution in [0.5, 0.6) is 34.5 Å². The van der Waals surface area contributed by atoms with Gasteiger partial charge < -0.3 is 37.9 Å². The molecule has 0 spiro atoms. The van der Waals surface area contributed by atoms with Gasteiger partial charge >= 0.3 is 0 Å². The van der Waals surface area contributed by atoms with E-state index in [9.17, 15) is 0 Å². The van der Waals surface area contributed by atoms with Gasteiger partial charge in [-0.1, -0.05) is 0 Å². The minimum absolute atomic E-state index is 0.358. The highest BCUT2D eigenvalue weighted by atomic mass is 16.7. The maximum Gasteiger partial charge on any atom is 0.237 e. The zero-order valence-electron chi connectivity index (χ0n) is 17.5. The third-order valence-electron chi connectivity index (χ3n) is 4.78. The van der Waals surface area contributed by atoms with Crippen LogP contribution in [0.1, 0.15) is 11.1 Å². The van der Waals surface area contributed by atoms with Crippen molar-refractivity contribution in [3.8, 4) is 34.5 Å². The summed E-state index contributed by atoms with van der Waals surface area (Å²) in [5, 5.41) is 0.